The first-order valence-electron chi connectivity index (χ1n) is 9.31. The molecule has 1 aromatic carbocycles. The van der Waals surface area contributed by atoms with Gasteiger partial charge in [0.2, 0.25) is 5.78 Å². The highest BCUT2D eigenvalue weighted by Crippen LogP contribution is 2.19. The summed E-state index contributed by atoms with van der Waals surface area (Å²) in [6.07, 6.45) is 5.17. The van der Waals surface area contributed by atoms with Crippen LogP contribution in [-0.2, 0) is 4.74 Å². The third kappa shape index (κ3) is 4.30. The van der Waals surface area contributed by atoms with Crippen molar-refractivity contribution in [3.8, 4) is 0 Å². The normalized spacial score (nSPS) is 12.7. The van der Waals surface area contributed by atoms with Gasteiger partial charge in [0.05, 0.1) is 17.6 Å². The van der Waals surface area contributed by atoms with E-state index in [0.29, 0.717) is 12.5 Å². The van der Waals surface area contributed by atoms with Gasteiger partial charge in [-0.25, -0.2) is 9.37 Å². The standard InChI is InChI=1S/C20H27FN4O/c1-3-16(10-14-26-15-11-21)8-12-24(2)19-9-13-25-18-7-5-4-6-17(18)22-20(25)23-19/h4-7,9,13,16H,3,8,10-12,14-15H2,1-2H3. The first-order valence-corrected chi connectivity index (χ1v) is 9.31. The number of para-hydroxylation sites is 2. The molecule has 0 aliphatic heterocycles. The zero-order valence-electron chi connectivity index (χ0n) is 15.6. The van der Waals surface area contributed by atoms with Gasteiger partial charge in [0.25, 0.3) is 0 Å². The van der Waals surface area contributed by atoms with E-state index < -0.39 is 6.67 Å². The summed E-state index contributed by atoms with van der Waals surface area (Å²) in [5.41, 5.74) is 2.03. The Balaban J connectivity index is 1.62. The van der Waals surface area contributed by atoms with Crippen molar-refractivity contribution >= 4 is 22.6 Å². The van der Waals surface area contributed by atoms with Crippen molar-refractivity contribution < 1.29 is 9.13 Å². The molecule has 0 saturated carbocycles. The lowest BCUT2D eigenvalue weighted by atomic mass is 9.99. The molecule has 0 bridgehead atoms. The third-order valence-corrected chi connectivity index (χ3v) is 4.90. The van der Waals surface area contributed by atoms with Crippen LogP contribution < -0.4 is 4.90 Å². The van der Waals surface area contributed by atoms with E-state index >= 15 is 0 Å². The van der Waals surface area contributed by atoms with Crippen molar-refractivity contribution in [1.82, 2.24) is 14.4 Å². The summed E-state index contributed by atoms with van der Waals surface area (Å²) >= 11 is 0. The van der Waals surface area contributed by atoms with Crippen molar-refractivity contribution in [3.05, 3.63) is 36.5 Å². The maximum Gasteiger partial charge on any atom is 0.236 e. The van der Waals surface area contributed by atoms with Crippen LogP contribution in [0, 0.1) is 5.92 Å². The van der Waals surface area contributed by atoms with Crippen LogP contribution in [0.2, 0.25) is 0 Å². The lowest BCUT2D eigenvalue weighted by Crippen LogP contribution is -2.22. The number of benzene rings is 1. The zero-order valence-corrected chi connectivity index (χ0v) is 15.6. The quantitative estimate of drug-likeness (QED) is 0.512. The molecule has 3 aromatic rings. The molecule has 1 unspecified atom stereocenters. The highest BCUT2D eigenvalue weighted by molar-refractivity contribution is 5.79. The van der Waals surface area contributed by atoms with E-state index in [1.807, 2.05) is 34.9 Å². The fourth-order valence-electron chi connectivity index (χ4n) is 3.20. The second kappa shape index (κ2) is 8.94. The Morgan fingerprint density at radius 2 is 2.00 bits per heavy atom. The molecule has 0 N–H and O–H groups in total. The Bertz CT molecular complexity index is 835. The van der Waals surface area contributed by atoms with E-state index in [9.17, 15) is 4.39 Å². The summed E-state index contributed by atoms with van der Waals surface area (Å²) in [6.45, 7) is 3.55. The highest BCUT2D eigenvalue weighted by atomic mass is 19.1. The fourth-order valence-corrected chi connectivity index (χ4v) is 3.20. The molecule has 0 radical (unpaired) electrons. The monoisotopic (exact) mass is 358 g/mol. The molecular formula is C20H27FN4O. The maximum atomic E-state index is 12.1. The van der Waals surface area contributed by atoms with E-state index in [1.165, 1.54) is 0 Å². The molecule has 0 amide bonds. The van der Waals surface area contributed by atoms with Crippen molar-refractivity contribution in [2.45, 2.75) is 26.2 Å². The number of nitrogens with zero attached hydrogens (tertiary/aromatic N) is 4. The first kappa shape index (κ1) is 18.6. The molecule has 0 spiro atoms. The predicted molar refractivity (Wildman–Crippen MR) is 104 cm³/mol. The summed E-state index contributed by atoms with van der Waals surface area (Å²) in [6, 6.07) is 10.1. The van der Waals surface area contributed by atoms with Gasteiger partial charge in [-0.1, -0.05) is 25.5 Å². The average Bonchev–Trinajstić information content (AvgIpc) is 3.05. The van der Waals surface area contributed by atoms with Gasteiger partial charge in [-0.05, 0) is 37.0 Å². The van der Waals surface area contributed by atoms with Crippen LogP contribution in [0.1, 0.15) is 26.2 Å². The highest BCUT2D eigenvalue weighted by Gasteiger charge is 2.11. The topological polar surface area (TPSA) is 42.7 Å². The SMILES string of the molecule is CCC(CCOCCF)CCN(C)c1ccn2c(n1)nc1ccccc12. The lowest BCUT2D eigenvalue weighted by molar-refractivity contribution is 0.105. The maximum absolute atomic E-state index is 12.1. The molecule has 5 nitrogen and oxygen atoms in total. The van der Waals surface area contributed by atoms with Crippen LogP contribution in [0.15, 0.2) is 36.5 Å². The van der Waals surface area contributed by atoms with Crippen LogP contribution >= 0.6 is 0 Å². The van der Waals surface area contributed by atoms with Crippen LogP contribution in [0.3, 0.4) is 0 Å². The van der Waals surface area contributed by atoms with Gasteiger partial charge in [-0.2, -0.15) is 4.98 Å². The Morgan fingerprint density at radius 1 is 1.15 bits per heavy atom. The van der Waals surface area contributed by atoms with E-state index in [0.717, 1.165) is 48.4 Å². The Kier molecular flexibility index (Phi) is 6.39. The largest absolute Gasteiger partial charge is 0.379 e. The molecule has 3 rings (SSSR count). The number of hydrogen-bond acceptors (Lipinski definition) is 4. The number of ether oxygens (including phenoxy) is 1. The van der Waals surface area contributed by atoms with Crippen LogP contribution in [0.4, 0.5) is 10.2 Å². The molecule has 0 fully saturated rings. The number of alkyl halides is 1. The molecule has 140 valence electrons. The summed E-state index contributed by atoms with van der Waals surface area (Å²) in [4.78, 5) is 11.5. The summed E-state index contributed by atoms with van der Waals surface area (Å²) in [5.74, 6) is 2.23. The van der Waals surface area contributed by atoms with Crippen molar-refractivity contribution in [2.24, 2.45) is 5.92 Å². The minimum Gasteiger partial charge on any atom is -0.379 e. The number of aromatic nitrogens is 3. The number of fused-ring (bicyclic) bond motifs is 3. The van der Waals surface area contributed by atoms with Crippen molar-refractivity contribution in [3.63, 3.8) is 0 Å². The van der Waals surface area contributed by atoms with Gasteiger partial charge in [-0.15, -0.1) is 0 Å². The summed E-state index contributed by atoms with van der Waals surface area (Å²) < 4.78 is 19.4. The van der Waals surface area contributed by atoms with Gasteiger partial charge in [0.15, 0.2) is 0 Å². The van der Waals surface area contributed by atoms with Gasteiger partial charge >= 0.3 is 0 Å². The van der Waals surface area contributed by atoms with E-state index in [2.05, 4.69) is 29.9 Å². The first-order chi connectivity index (χ1) is 12.7. The second-order valence-electron chi connectivity index (χ2n) is 6.63. The predicted octanol–water partition coefficient (Wildman–Crippen LogP) is 4.11. The van der Waals surface area contributed by atoms with Crippen molar-refractivity contribution in [2.75, 3.05) is 38.4 Å². The van der Waals surface area contributed by atoms with E-state index in [4.69, 9.17) is 9.72 Å². The van der Waals surface area contributed by atoms with Crippen LogP contribution in [0.25, 0.3) is 16.8 Å². The Hall–Kier alpha value is -2.21. The molecule has 0 aliphatic rings. The summed E-state index contributed by atoms with van der Waals surface area (Å²) in [5, 5.41) is 0. The average molecular weight is 358 g/mol. The number of rotatable bonds is 10. The summed E-state index contributed by atoms with van der Waals surface area (Å²) in [7, 11) is 2.06. The molecule has 6 heteroatoms. The van der Waals surface area contributed by atoms with Gasteiger partial charge < -0.3 is 9.64 Å². The van der Waals surface area contributed by atoms with E-state index in [-0.39, 0.29) is 6.61 Å². The van der Waals surface area contributed by atoms with Crippen molar-refractivity contribution in [1.29, 1.82) is 0 Å². The van der Waals surface area contributed by atoms with E-state index in [1.54, 1.807) is 0 Å². The molecular weight excluding hydrogens is 331 g/mol. The molecule has 26 heavy (non-hydrogen) atoms. The number of halogens is 1. The second-order valence-corrected chi connectivity index (χ2v) is 6.63. The van der Waals surface area contributed by atoms with Crippen LogP contribution in [0.5, 0.6) is 0 Å². The minimum absolute atomic E-state index is 0.207. The molecule has 1 atom stereocenters. The molecule has 0 aliphatic carbocycles. The fraction of sp³-hybridized carbons (Fsp3) is 0.500. The molecule has 2 heterocycles. The Labute approximate surface area is 153 Å². The van der Waals surface area contributed by atoms with Gasteiger partial charge in [-0.3, -0.25) is 4.40 Å². The van der Waals surface area contributed by atoms with Gasteiger partial charge in [0.1, 0.15) is 12.5 Å². The number of hydrogen-bond donors (Lipinski definition) is 0. The van der Waals surface area contributed by atoms with Gasteiger partial charge in [0, 0.05) is 26.4 Å². The molecule has 0 saturated heterocycles. The number of anilines is 1. The lowest BCUT2D eigenvalue weighted by Gasteiger charge is -2.22. The smallest absolute Gasteiger partial charge is 0.236 e. The molecule has 2 aromatic heterocycles. The third-order valence-electron chi connectivity index (χ3n) is 4.90. The van der Waals surface area contributed by atoms with Crippen LogP contribution in [-0.4, -0.2) is 47.8 Å². The zero-order chi connectivity index (χ0) is 18.4. The number of imidazole rings is 1. The minimum atomic E-state index is -0.406. The Morgan fingerprint density at radius 3 is 2.81 bits per heavy atom.